The highest BCUT2D eigenvalue weighted by molar-refractivity contribution is 5.94. The number of hydrogen-bond donors (Lipinski definition) is 8. The van der Waals surface area contributed by atoms with Crippen molar-refractivity contribution in [1.82, 2.24) is 16.0 Å². The van der Waals surface area contributed by atoms with E-state index >= 15 is 0 Å². The molecular weight excluding hydrogens is 444 g/mol. The van der Waals surface area contributed by atoms with Crippen molar-refractivity contribution < 1.29 is 49.2 Å². The largest absolute Gasteiger partial charge is 0.481 e. The fourth-order valence-corrected chi connectivity index (χ4v) is 2.67. The number of aliphatic hydroxyl groups is 1. The standard InChI is InChI=1S/C19H32N4O10/c1-9(2)7-13(18(31)22-12(19(32)33)4-6-15(27)28)23-17(30)11(3-5-14(25)26)21-16(29)10(20)8-24/h9-13,24H,3-8,20H2,1-2H3,(H,21,29)(H,22,31)(H,23,30)(H,25,26)(H,27,28)(H,32,33). The summed E-state index contributed by atoms with van der Waals surface area (Å²) >= 11 is 0. The molecule has 0 aliphatic carbocycles. The van der Waals surface area contributed by atoms with Gasteiger partial charge in [0.1, 0.15) is 24.2 Å². The van der Waals surface area contributed by atoms with Crippen molar-refractivity contribution in [2.24, 2.45) is 11.7 Å². The number of carboxylic acids is 3. The Hall–Kier alpha value is -3.26. The molecule has 0 rings (SSSR count). The first-order chi connectivity index (χ1) is 15.3. The van der Waals surface area contributed by atoms with E-state index in [-0.39, 0.29) is 25.2 Å². The molecule has 0 aliphatic heterocycles. The van der Waals surface area contributed by atoms with Gasteiger partial charge in [0, 0.05) is 12.8 Å². The first-order valence-corrected chi connectivity index (χ1v) is 10.2. The maximum Gasteiger partial charge on any atom is 0.326 e. The van der Waals surface area contributed by atoms with Crippen LogP contribution in [-0.2, 0) is 28.8 Å². The molecular formula is C19H32N4O10. The summed E-state index contributed by atoms with van der Waals surface area (Å²) in [6.45, 7) is 2.75. The van der Waals surface area contributed by atoms with Gasteiger partial charge < -0.3 is 42.1 Å². The van der Waals surface area contributed by atoms with Gasteiger partial charge in [-0.15, -0.1) is 0 Å². The van der Waals surface area contributed by atoms with Crippen LogP contribution in [-0.4, -0.2) is 86.8 Å². The predicted molar refractivity (Wildman–Crippen MR) is 112 cm³/mol. The average Bonchev–Trinajstić information content (AvgIpc) is 2.71. The maximum absolute atomic E-state index is 12.7. The normalized spacial score (nSPS) is 14.5. The van der Waals surface area contributed by atoms with Crippen molar-refractivity contribution in [3.63, 3.8) is 0 Å². The van der Waals surface area contributed by atoms with Crippen LogP contribution in [0.25, 0.3) is 0 Å². The monoisotopic (exact) mass is 476 g/mol. The zero-order valence-corrected chi connectivity index (χ0v) is 18.4. The second kappa shape index (κ2) is 14.7. The van der Waals surface area contributed by atoms with E-state index in [0.29, 0.717) is 0 Å². The van der Waals surface area contributed by atoms with E-state index in [1.807, 2.05) is 0 Å². The number of carboxylic acid groups (broad SMARTS) is 3. The van der Waals surface area contributed by atoms with Crippen LogP contribution in [0.5, 0.6) is 0 Å². The third-order valence-electron chi connectivity index (χ3n) is 4.41. The molecule has 0 aromatic rings. The highest BCUT2D eigenvalue weighted by atomic mass is 16.4. The summed E-state index contributed by atoms with van der Waals surface area (Å²) in [5.41, 5.74) is 5.40. The number of aliphatic carboxylic acids is 3. The number of carbonyl (C=O) groups excluding carboxylic acids is 3. The van der Waals surface area contributed by atoms with Crippen LogP contribution in [0.15, 0.2) is 0 Å². The van der Waals surface area contributed by atoms with Crippen LogP contribution in [0.2, 0.25) is 0 Å². The van der Waals surface area contributed by atoms with E-state index in [1.54, 1.807) is 13.8 Å². The Bertz CT molecular complexity index is 727. The highest BCUT2D eigenvalue weighted by Gasteiger charge is 2.31. The quantitative estimate of drug-likeness (QED) is 0.117. The molecule has 0 spiro atoms. The maximum atomic E-state index is 12.7. The van der Waals surface area contributed by atoms with Gasteiger partial charge in [-0.1, -0.05) is 13.8 Å². The van der Waals surface area contributed by atoms with Crippen LogP contribution in [0.1, 0.15) is 46.0 Å². The third-order valence-corrected chi connectivity index (χ3v) is 4.41. The molecule has 0 fully saturated rings. The van der Waals surface area contributed by atoms with Crippen LogP contribution in [0.4, 0.5) is 0 Å². The lowest BCUT2D eigenvalue weighted by Gasteiger charge is -2.25. The van der Waals surface area contributed by atoms with Crippen LogP contribution in [0.3, 0.4) is 0 Å². The topological polar surface area (TPSA) is 245 Å². The second-order valence-electron chi connectivity index (χ2n) is 7.81. The SMILES string of the molecule is CC(C)CC(NC(=O)C(CCC(=O)O)NC(=O)C(N)CO)C(=O)NC(CCC(=O)O)C(=O)O. The van der Waals surface area contributed by atoms with Gasteiger partial charge >= 0.3 is 17.9 Å². The number of carbonyl (C=O) groups is 6. The molecule has 0 aliphatic rings. The van der Waals surface area contributed by atoms with Crippen molar-refractivity contribution in [1.29, 1.82) is 0 Å². The Morgan fingerprint density at radius 2 is 1.15 bits per heavy atom. The molecule has 0 heterocycles. The molecule has 9 N–H and O–H groups in total. The Kier molecular flexibility index (Phi) is 13.3. The summed E-state index contributed by atoms with van der Waals surface area (Å²) in [6.07, 6.45) is -1.65. The van der Waals surface area contributed by atoms with E-state index in [0.717, 1.165) is 0 Å². The van der Waals surface area contributed by atoms with E-state index in [2.05, 4.69) is 16.0 Å². The molecule has 14 nitrogen and oxygen atoms in total. The first-order valence-electron chi connectivity index (χ1n) is 10.2. The summed E-state index contributed by atoms with van der Waals surface area (Å²) in [4.78, 5) is 70.3. The van der Waals surface area contributed by atoms with Gasteiger partial charge in [-0.2, -0.15) is 0 Å². The molecule has 188 valence electrons. The molecule has 0 aromatic carbocycles. The van der Waals surface area contributed by atoms with Gasteiger partial charge in [0.2, 0.25) is 17.7 Å². The van der Waals surface area contributed by atoms with Crippen molar-refractivity contribution in [2.45, 2.75) is 70.1 Å². The molecule has 0 aromatic heterocycles. The Balaban J connectivity index is 5.51. The van der Waals surface area contributed by atoms with Crippen molar-refractivity contribution >= 4 is 35.6 Å². The molecule has 14 heteroatoms. The smallest absolute Gasteiger partial charge is 0.326 e. The van der Waals surface area contributed by atoms with Crippen molar-refractivity contribution in [2.75, 3.05) is 6.61 Å². The number of nitrogens with two attached hydrogens (primary N) is 1. The lowest BCUT2D eigenvalue weighted by Crippen LogP contribution is -2.57. The molecule has 0 radical (unpaired) electrons. The minimum Gasteiger partial charge on any atom is -0.481 e. The number of amides is 3. The van der Waals surface area contributed by atoms with E-state index < -0.39 is 79.2 Å². The number of nitrogens with one attached hydrogen (secondary N) is 3. The zero-order chi connectivity index (χ0) is 25.7. The lowest BCUT2D eigenvalue weighted by atomic mass is 10.0. The van der Waals surface area contributed by atoms with Gasteiger partial charge in [-0.05, 0) is 25.2 Å². The molecule has 33 heavy (non-hydrogen) atoms. The predicted octanol–water partition coefficient (Wildman–Crippen LogP) is -2.38. The summed E-state index contributed by atoms with van der Waals surface area (Å²) in [7, 11) is 0. The fourth-order valence-electron chi connectivity index (χ4n) is 2.67. The Morgan fingerprint density at radius 3 is 1.58 bits per heavy atom. The minimum atomic E-state index is -1.51. The van der Waals surface area contributed by atoms with Gasteiger partial charge in [0.25, 0.3) is 0 Å². The van der Waals surface area contributed by atoms with Crippen molar-refractivity contribution in [3.05, 3.63) is 0 Å². The van der Waals surface area contributed by atoms with Crippen molar-refractivity contribution in [3.8, 4) is 0 Å². The van der Waals surface area contributed by atoms with Gasteiger partial charge in [0.05, 0.1) is 6.61 Å². The van der Waals surface area contributed by atoms with Crippen LogP contribution < -0.4 is 21.7 Å². The summed E-state index contributed by atoms with van der Waals surface area (Å²) in [5, 5.41) is 42.6. The second-order valence-corrected chi connectivity index (χ2v) is 7.81. The van der Waals surface area contributed by atoms with E-state index in [9.17, 15) is 33.9 Å². The number of hydrogen-bond acceptors (Lipinski definition) is 8. The Labute approximate surface area is 189 Å². The van der Waals surface area contributed by atoms with Gasteiger partial charge in [-0.25, -0.2) is 4.79 Å². The molecule has 0 saturated carbocycles. The van der Waals surface area contributed by atoms with Crippen LogP contribution >= 0.6 is 0 Å². The molecule has 3 amide bonds. The molecule has 4 atom stereocenters. The van der Waals surface area contributed by atoms with E-state index in [4.69, 9.17) is 21.1 Å². The Morgan fingerprint density at radius 1 is 0.727 bits per heavy atom. The highest BCUT2D eigenvalue weighted by Crippen LogP contribution is 2.08. The van der Waals surface area contributed by atoms with Gasteiger partial charge in [0.15, 0.2) is 0 Å². The minimum absolute atomic E-state index is 0.0680. The molecule has 4 unspecified atom stereocenters. The lowest BCUT2D eigenvalue weighted by molar-refractivity contribution is -0.143. The number of aliphatic hydroxyl groups excluding tert-OH is 1. The van der Waals surface area contributed by atoms with Gasteiger partial charge in [-0.3, -0.25) is 24.0 Å². The first kappa shape index (κ1) is 29.7. The zero-order valence-electron chi connectivity index (χ0n) is 18.4. The summed E-state index contributed by atoms with van der Waals surface area (Å²) < 4.78 is 0. The summed E-state index contributed by atoms with van der Waals surface area (Å²) in [6, 6.07) is -5.51. The van der Waals surface area contributed by atoms with E-state index in [1.165, 1.54) is 0 Å². The molecule has 0 bridgehead atoms. The number of rotatable bonds is 16. The average molecular weight is 476 g/mol. The summed E-state index contributed by atoms with van der Waals surface area (Å²) in [5.74, 6) is -6.79. The van der Waals surface area contributed by atoms with Crippen LogP contribution in [0, 0.1) is 5.92 Å². The third kappa shape index (κ3) is 12.4. The fraction of sp³-hybridized carbons (Fsp3) is 0.684. The molecule has 0 saturated heterocycles.